The number of aliphatic imine (C=N–C) groups is 1. The molecule has 3 fully saturated rings. The number of likely N-dealkylation sites (tertiary alicyclic amines) is 1. The fraction of sp³-hybridized carbons (Fsp3) is 0.789. The minimum absolute atomic E-state index is 0. The summed E-state index contributed by atoms with van der Waals surface area (Å²) < 4.78 is 0. The van der Waals surface area contributed by atoms with Gasteiger partial charge in [-0.2, -0.15) is 0 Å². The molecule has 1 aromatic rings. The fourth-order valence-corrected chi connectivity index (χ4v) is 5.66. The molecule has 0 unspecified atom stereocenters. The van der Waals surface area contributed by atoms with Crippen molar-refractivity contribution in [2.45, 2.75) is 51.4 Å². The van der Waals surface area contributed by atoms with E-state index in [9.17, 15) is 0 Å². The molecule has 1 spiro atoms. The van der Waals surface area contributed by atoms with Crippen molar-refractivity contribution in [2.24, 2.45) is 10.4 Å². The molecule has 1 aliphatic carbocycles. The van der Waals surface area contributed by atoms with Gasteiger partial charge in [0.25, 0.3) is 0 Å². The van der Waals surface area contributed by atoms with Gasteiger partial charge in [0, 0.05) is 51.6 Å². The maximum absolute atomic E-state index is 4.82. The number of nitrogens with one attached hydrogen (secondary N) is 1. The lowest BCUT2D eigenvalue weighted by Crippen LogP contribution is -2.41. The summed E-state index contributed by atoms with van der Waals surface area (Å²) in [4.78, 5) is 14.2. The number of guanidine groups is 1. The molecule has 1 aromatic heterocycles. The molecular formula is C19H32IN5S. The van der Waals surface area contributed by atoms with Crippen LogP contribution in [-0.2, 0) is 6.42 Å². The molecule has 146 valence electrons. The van der Waals surface area contributed by atoms with Crippen LogP contribution in [-0.4, -0.2) is 55.6 Å². The second-order valence-electron chi connectivity index (χ2n) is 7.92. The van der Waals surface area contributed by atoms with Crippen molar-refractivity contribution in [3.05, 3.63) is 11.1 Å². The highest BCUT2D eigenvalue weighted by molar-refractivity contribution is 14.0. The quantitative estimate of drug-likeness (QED) is 0.398. The fourth-order valence-electron chi connectivity index (χ4n) is 4.75. The Kier molecular flexibility index (Phi) is 7.05. The molecule has 7 heteroatoms. The van der Waals surface area contributed by atoms with Gasteiger partial charge in [-0.1, -0.05) is 12.8 Å². The van der Waals surface area contributed by atoms with E-state index >= 15 is 0 Å². The van der Waals surface area contributed by atoms with E-state index in [0.29, 0.717) is 5.41 Å². The SMILES string of the molecule is CN=C(NCCc1csc(N2CCCC2)n1)N1CCC2(CCCC2)C1.I. The third-order valence-electron chi connectivity index (χ3n) is 6.19. The number of thiazole rings is 1. The van der Waals surface area contributed by atoms with Gasteiger partial charge >= 0.3 is 0 Å². The lowest BCUT2D eigenvalue weighted by atomic mass is 9.86. The zero-order valence-electron chi connectivity index (χ0n) is 15.9. The van der Waals surface area contributed by atoms with E-state index in [4.69, 9.17) is 4.98 Å². The van der Waals surface area contributed by atoms with Crippen LogP contribution in [0.4, 0.5) is 5.13 Å². The molecule has 1 N–H and O–H groups in total. The van der Waals surface area contributed by atoms with Gasteiger partial charge in [-0.05, 0) is 37.5 Å². The molecule has 0 amide bonds. The van der Waals surface area contributed by atoms with E-state index in [1.54, 1.807) is 11.3 Å². The van der Waals surface area contributed by atoms with Crippen molar-refractivity contribution in [3.8, 4) is 0 Å². The number of aromatic nitrogens is 1. The Morgan fingerprint density at radius 3 is 2.69 bits per heavy atom. The van der Waals surface area contributed by atoms with Crippen LogP contribution in [0.5, 0.6) is 0 Å². The third-order valence-corrected chi connectivity index (χ3v) is 7.14. The first-order chi connectivity index (χ1) is 12.3. The Balaban J connectivity index is 0.00000196. The minimum atomic E-state index is 0. The number of nitrogens with zero attached hydrogens (tertiary/aromatic N) is 4. The minimum Gasteiger partial charge on any atom is -0.356 e. The summed E-state index contributed by atoms with van der Waals surface area (Å²) in [6, 6.07) is 0. The molecule has 3 aliphatic rings. The first-order valence-electron chi connectivity index (χ1n) is 9.93. The Morgan fingerprint density at radius 2 is 1.96 bits per heavy atom. The van der Waals surface area contributed by atoms with Crippen LogP contribution in [0, 0.1) is 5.41 Å². The number of hydrogen-bond donors (Lipinski definition) is 1. The van der Waals surface area contributed by atoms with Crippen LogP contribution in [0.2, 0.25) is 0 Å². The maximum atomic E-state index is 4.82. The molecule has 0 aromatic carbocycles. The van der Waals surface area contributed by atoms with Crippen molar-refractivity contribution < 1.29 is 0 Å². The van der Waals surface area contributed by atoms with Crippen molar-refractivity contribution in [1.82, 2.24) is 15.2 Å². The molecule has 5 nitrogen and oxygen atoms in total. The van der Waals surface area contributed by atoms with Crippen LogP contribution in [0.3, 0.4) is 0 Å². The van der Waals surface area contributed by atoms with E-state index < -0.39 is 0 Å². The molecule has 3 heterocycles. The largest absolute Gasteiger partial charge is 0.356 e. The van der Waals surface area contributed by atoms with Gasteiger partial charge < -0.3 is 15.1 Å². The number of halogens is 1. The second-order valence-corrected chi connectivity index (χ2v) is 8.75. The predicted octanol–water partition coefficient (Wildman–Crippen LogP) is 3.75. The summed E-state index contributed by atoms with van der Waals surface area (Å²) in [6.07, 6.45) is 10.6. The molecule has 2 aliphatic heterocycles. The van der Waals surface area contributed by atoms with E-state index in [1.807, 2.05) is 7.05 Å². The first-order valence-corrected chi connectivity index (χ1v) is 10.8. The van der Waals surface area contributed by atoms with Crippen LogP contribution in [0.15, 0.2) is 10.4 Å². The highest BCUT2D eigenvalue weighted by atomic mass is 127. The van der Waals surface area contributed by atoms with Gasteiger partial charge in [-0.15, -0.1) is 35.3 Å². The summed E-state index contributed by atoms with van der Waals surface area (Å²) in [5, 5.41) is 7.00. The zero-order chi connectivity index (χ0) is 17.1. The highest BCUT2D eigenvalue weighted by Gasteiger charge is 2.41. The van der Waals surface area contributed by atoms with Gasteiger partial charge in [-0.25, -0.2) is 4.98 Å². The van der Waals surface area contributed by atoms with E-state index in [-0.39, 0.29) is 24.0 Å². The third kappa shape index (κ3) is 4.46. The van der Waals surface area contributed by atoms with E-state index in [1.165, 1.54) is 75.4 Å². The Morgan fingerprint density at radius 1 is 1.19 bits per heavy atom. The van der Waals surface area contributed by atoms with Crippen molar-refractivity contribution in [2.75, 3.05) is 44.7 Å². The summed E-state index contributed by atoms with van der Waals surface area (Å²) in [6.45, 7) is 5.63. The zero-order valence-corrected chi connectivity index (χ0v) is 19.0. The second kappa shape index (κ2) is 9.08. The standard InChI is InChI=1S/C19H31N5S.HI/c1-20-17(24-13-9-19(15-24)7-2-3-8-19)21-10-6-16-14-25-18(22-16)23-11-4-5-12-23;/h14H,2-13,15H2,1H3,(H,20,21);1H. The van der Waals surface area contributed by atoms with Gasteiger partial charge in [0.15, 0.2) is 11.1 Å². The molecule has 2 saturated heterocycles. The molecule has 0 bridgehead atoms. The Hall–Kier alpha value is -0.570. The van der Waals surface area contributed by atoms with E-state index in [0.717, 1.165) is 25.5 Å². The Bertz CT molecular complexity index is 605. The molecule has 0 atom stereocenters. The highest BCUT2D eigenvalue weighted by Crippen LogP contribution is 2.45. The lowest BCUT2D eigenvalue weighted by Gasteiger charge is -2.25. The van der Waals surface area contributed by atoms with E-state index in [2.05, 4.69) is 25.5 Å². The Labute approximate surface area is 178 Å². The lowest BCUT2D eigenvalue weighted by molar-refractivity contribution is 0.309. The first kappa shape index (κ1) is 20.2. The van der Waals surface area contributed by atoms with Crippen LogP contribution < -0.4 is 10.2 Å². The predicted molar refractivity (Wildman–Crippen MR) is 121 cm³/mol. The maximum Gasteiger partial charge on any atom is 0.193 e. The average Bonchev–Trinajstić information content (AvgIpc) is 3.41. The monoisotopic (exact) mass is 489 g/mol. The van der Waals surface area contributed by atoms with Gasteiger partial charge in [0.05, 0.1) is 5.69 Å². The van der Waals surface area contributed by atoms with Crippen LogP contribution in [0.25, 0.3) is 0 Å². The summed E-state index contributed by atoms with van der Waals surface area (Å²) in [5.41, 5.74) is 1.81. The van der Waals surface area contributed by atoms with Crippen LogP contribution >= 0.6 is 35.3 Å². The average molecular weight is 489 g/mol. The number of rotatable bonds is 4. The molecule has 26 heavy (non-hydrogen) atoms. The summed E-state index contributed by atoms with van der Waals surface area (Å²) in [7, 11) is 1.91. The number of anilines is 1. The molecule has 1 saturated carbocycles. The van der Waals surface area contributed by atoms with Crippen molar-refractivity contribution >= 4 is 46.4 Å². The van der Waals surface area contributed by atoms with Crippen molar-refractivity contribution in [1.29, 1.82) is 0 Å². The topological polar surface area (TPSA) is 43.8 Å². The summed E-state index contributed by atoms with van der Waals surface area (Å²) in [5.74, 6) is 1.08. The summed E-state index contributed by atoms with van der Waals surface area (Å²) >= 11 is 1.80. The van der Waals surface area contributed by atoms with Gasteiger partial charge in [0.2, 0.25) is 0 Å². The normalized spacial score (nSPS) is 22.3. The number of hydrogen-bond acceptors (Lipinski definition) is 4. The molecule has 0 radical (unpaired) electrons. The van der Waals surface area contributed by atoms with Crippen LogP contribution in [0.1, 0.15) is 50.6 Å². The molecule has 4 rings (SSSR count). The smallest absolute Gasteiger partial charge is 0.193 e. The molecular weight excluding hydrogens is 457 g/mol. The van der Waals surface area contributed by atoms with Gasteiger partial charge in [0.1, 0.15) is 0 Å². The van der Waals surface area contributed by atoms with Gasteiger partial charge in [-0.3, -0.25) is 4.99 Å². The van der Waals surface area contributed by atoms with Crippen molar-refractivity contribution in [3.63, 3.8) is 0 Å².